The standard InChI is InChI=1S/C28H22N2O5/c1-34-22-11-6-18(7-12-22)25-24(26(31)20-8-13-23-19(15-20)3-2-14-35-23)27(32)28(33)30(25)21-9-4-17(16-29)5-10-21/h4-13,15,25,31H,2-3,14H2,1H3/b26-24-. The van der Waals surface area contributed by atoms with Gasteiger partial charge >= 0.3 is 0 Å². The van der Waals surface area contributed by atoms with E-state index in [1.165, 1.54) is 4.90 Å². The Labute approximate surface area is 202 Å². The third-order valence-electron chi connectivity index (χ3n) is 6.33. The van der Waals surface area contributed by atoms with Crippen molar-refractivity contribution in [3.8, 4) is 17.6 Å². The molecule has 3 aromatic rings. The Morgan fingerprint density at radius 1 is 1.09 bits per heavy atom. The van der Waals surface area contributed by atoms with Gasteiger partial charge in [0.1, 0.15) is 17.3 Å². The summed E-state index contributed by atoms with van der Waals surface area (Å²) in [5, 5.41) is 20.5. The van der Waals surface area contributed by atoms with E-state index >= 15 is 0 Å². The number of aliphatic hydroxyl groups excluding tert-OH is 1. The molecule has 0 saturated carbocycles. The lowest BCUT2D eigenvalue weighted by molar-refractivity contribution is -0.132. The minimum Gasteiger partial charge on any atom is -0.507 e. The van der Waals surface area contributed by atoms with Crippen molar-refractivity contribution in [1.29, 1.82) is 5.26 Å². The Bertz CT molecular complexity index is 1380. The van der Waals surface area contributed by atoms with Crippen molar-refractivity contribution in [2.24, 2.45) is 0 Å². The molecule has 0 spiro atoms. The van der Waals surface area contributed by atoms with Crippen molar-refractivity contribution in [3.63, 3.8) is 0 Å². The molecule has 1 unspecified atom stereocenters. The molecule has 1 fully saturated rings. The Hall–Kier alpha value is -4.57. The van der Waals surface area contributed by atoms with Crippen molar-refractivity contribution in [3.05, 3.63) is 94.6 Å². The number of fused-ring (bicyclic) bond motifs is 1. The lowest BCUT2D eigenvalue weighted by atomic mass is 9.93. The molecule has 7 nitrogen and oxygen atoms in total. The highest BCUT2D eigenvalue weighted by Crippen LogP contribution is 2.43. The fourth-order valence-corrected chi connectivity index (χ4v) is 4.56. The number of aryl methyl sites for hydroxylation is 1. The minimum absolute atomic E-state index is 0.00112. The average molecular weight is 466 g/mol. The van der Waals surface area contributed by atoms with Crippen LogP contribution in [-0.2, 0) is 16.0 Å². The number of hydrogen-bond acceptors (Lipinski definition) is 6. The molecule has 0 bridgehead atoms. The Morgan fingerprint density at radius 2 is 1.83 bits per heavy atom. The van der Waals surface area contributed by atoms with E-state index in [1.807, 2.05) is 12.1 Å². The topological polar surface area (TPSA) is 99.9 Å². The zero-order chi connectivity index (χ0) is 24.5. The maximum absolute atomic E-state index is 13.3. The molecule has 7 heteroatoms. The normalized spacial score (nSPS) is 18.5. The number of carbonyl (C=O) groups excluding carboxylic acids is 2. The molecule has 1 atom stereocenters. The molecule has 2 aliphatic heterocycles. The first-order valence-corrected chi connectivity index (χ1v) is 11.2. The van der Waals surface area contributed by atoms with E-state index in [2.05, 4.69) is 0 Å². The third kappa shape index (κ3) is 3.89. The summed E-state index contributed by atoms with van der Waals surface area (Å²) in [7, 11) is 1.55. The number of aliphatic hydroxyl groups is 1. The van der Waals surface area contributed by atoms with Crippen LogP contribution in [-0.4, -0.2) is 30.5 Å². The van der Waals surface area contributed by atoms with Crippen LogP contribution in [0, 0.1) is 11.3 Å². The van der Waals surface area contributed by atoms with Crippen LogP contribution < -0.4 is 14.4 Å². The number of benzene rings is 3. The number of ether oxygens (including phenoxy) is 2. The van der Waals surface area contributed by atoms with Crippen molar-refractivity contribution in [1.82, 2.24) is 0 Å². The van der Waals surface area contributed by atoms with Crippen LogP contribution in [0.3, 0.4) is 0 Å². The van der Waals surface area contributed by atoms with Gasteiger partial charge in [-0.25, -0.2) is 0 Å². The van der Waals surface area contributed by atoms with Crippen LogP contribution in [0.4, 0.5) is 5.69 Å². The molecular weight excluding hydrogens is 444 g/mol. The van der Waals surface area contributed by atoms with E-state index < -0.39 is 17.7 Å². The van der Waals surface area contributed by atoms with E-state index in [9.17, 15) is 14.7 Å². The molecule has 1 N–H and O–H groups in total. The van der Waals surface area contributed by atoms with E-state index in [0.717, 1.165) is 24.2 Å². The summed E-state index contributed by atoms with van der Waals surface area (Å²) < 4.78 is 10.9. The van der Waals surface area contributed by atoms with E-state index in [0.29, 0.717) is 34.7 Å². The molecule has 0 aliphatic carbocycles. The quantitative estimate of drug-likeness (QED) is 0.345. The van der Waals surface area contributed by atoms with Gasteiger partial charge in [0, 0.05) is 11.3 Å². The predicted octanol–water partition coefficient (Wildman–Crippen LogP) is 4.52. The minimum atomic E-state index is -0.860. The summed E-state index contributed by atoms with van der Waals surface area (Å²) >= 11 is 0. The molecule has 174 valence electrons. The highest BCUT2D eigenvalue weighted by Gasteiger charge is 2.47. The lowest BCUT2D eigenvalue weighted by Crippen LogP contribution is -2.29. The highest BCUT2D eigenvalue weighted by atomic mass is 16.5. The number of hydrogen-bond donors (Lipinski definition) is 1. The van der Waals surface area contributed by atoms with E-state index in [-0.39, 0.29) is 11.3 Å². The summed E-state index contributed by atoms with van der Waals surface area (Å²) in [6, 6.07) is 19.9. The van der Waals surface area contributed by atoms with Gasteiger partial charge in [-0.05, 0) is 78.6 Å². The van der Waals surface area contributed by atoms with Gasteiger partial charge in [0.05, 0.1) is 37.0 Å². The second-order valence-electron chi connectivity index (χ2n) is 8.38. The summed E-state index contributed by atoms with van der Waals surface area (Å²) in [5.41, 5.74) is 2.92. The van der Waals surface area contributed by atoms with Gasteiger partial charge in [-0.1, -0.05) is 12.1 Å². The van der Waals surface area contributed by atoms with Gasteiger partial charge in [-0.3, -0.25) is 14.5 Å². The number of carbonyl (C=O) groups is 2. The van der Waals surface area contributed by atoms with Crippen molar-refractivity contribution in [2.45, 2.75) is 18.9 Å². The second-order valence-corrected chi connectivity index (χ2v) is 8.38. The van der Waals surface area contributed by atoms with Gasteiger partial charge in [0.2, 0.25) is 0 Å². The zero-order valence-electron chi connectivity index (χ0n) is 19.0. The summed E-state index contributed by atoms with van der Waals surface area (Å²) in [6.45, 7) is 0.644. The molecule has 1 amide bonds. The third-order valence-corrected chi connectivity index (χ3v) is 6.33. The van der Waals surface area contributed by atoms with Gasteiger partial charge in [0.15, 0.2) is 0 Å². The SMILES string of the molecule is COc1ccc(C2/C(=C(/O)c3ccc4c(c3)CCCO4)C(=O)C(=O)N2c2ccc(C#N)cc2)cc1. The van der Waals surface area contributed by atoms with Crippen LogP contribution in [0.1, 0.15) is 34.7 Å². The van der Waals surface area contributed by atoms with E-state index in [1.54, 1.807) is 67.8 Å². The Balaban J connectivity index is 1.67. The first kappa shape index (κ1) is 22.2. The van der Waals surface area contributed by atoms with Gasteiger partial charge < -0.3 is 14.6 Å². The maximum Gasteiger partial charge on any atom is 0.300 e. The van der Waals surface area contributed by atoms with Crippen molar-refractivity contribution >= 4 is 23.1 Å². The molecule has 0 radical (unpaired) electrons. The largest absolute Gasteiger partial charge is 0.507 e. The molecule has 2 heterocycles. The fourth-order valence-electron chi connectivity index (χ4n) is 4.56. The number of rotatable bonds is 4. The molecular formula is C28H22N2O5. The maximum atomic E-state index is 13.3. The molecule has 3 aromatic carbocycles. The molecule has 5 rings (SSSR count). The number of nitriles is 1. The van der Waals surface area contributed by atoms with Gasteiger partial charge in [-0.2, -0.15) is 5.26 Å². The van der Waals surface area contributed by atoms with Crippen LogP contribution in [0.15, 0.2) is 72.3 Å². The number of nitrogens with zero attached hydrogens (tertiary/aromatic N) is 2. The number of anilines is 1. The van der Waals surface area contributed by atoms with Gasteiger partial charge in [0.25, 0.3) is 11.7 Å². The smallest absolute Gasteiger partial charge is 0.300 e. The van der Waals surface area contributed by atoms with Crippen LogP contribution in [0.5, 0.6) is 11.5 Å². The molecule has 1 saturated heterocycles. The summed E-state index contributed by atoms with van der Waals surface area (Å²) in [5.74, 6) is -0.384. The Morgan fingerprint density at radius 3 is 2.51 bits per heavy atom. The van der Waals surface area contributed by atoms with E-state index in [4.69, 9.17) is 14.7 Å². The van der Waals surface area contributed by atoms with Crippen molar-refractivity contribution in [2.75, 3.05) is 18.6 Å². The lowest BCUT2D eigenvalue weighted by Gasteiger charge is -2.25. The zero-order valence-corrected chi connectivity index (χ0v) is 19.0. The molecule has 35 heavy (non-hydrogen) atoms. The predicted molar refractivity (Wildman–Crippen MR) is 129 cm³/mol. The second kappa shape index (κ2) is 8.99. The monoisotopic (exact) mass is 466 g/mol. The first-order valence-electron chi connectivity index (χ1n) is 11.2. The van der Waals surface area contributed by atoms with Crippen LogP contribution in [0.2, 0.25) is 0 Å². The molecule has 0 aromatic heterocycles. The molecule has 2 aliphatic rings. The van der Waals surface area contributed by atoms with Gasteiger partial charge in [-0.15, -0.1) is 0 Å². The highest BCUT2D eigenvalue weighted by molar-refractivity contribution is 6.51. The van der Waals surface area contributed by atoms with Crippen molar-refractivity contribution < 1.29 is 24.2 Å². The number of amides is 1. The van der Waals surface area contributed by atoms with Crippen LogP contribution >= 0.6 is 0 Å². The summed E-state index contributed by atoms with van der Waals surface area (Å²) in [6.07, 6.45) is 1.67. The Kier molecular flexibility index (Phi) is 5.71. The van der Waals surface area contributed by atoms with Crippen LogP contribution in [0.25, 0.3) is 5.76 Å². The number of methoxy groups -OCH3 is 1. The fraction of sp³-hybridized carbons (Fsp3) is 0.179. The average Bonchev–Trinajstić information content (AvgIpc) is 3.18. The first-order chi connectivity index (χ1) is 17.0. The number of ketones is 1. The summed E-state index contributed by atoms with van der Waals surface area (Å²) in [4.78, 5) is 27.9. The number of Topliss-reactive ketones (excluding diaryl/α,β-unsaturated/α-hetero) is 1.